The molecule has 11 heteroatoms. The topological polar surface area (TPSA) is 119 Å². The zero-order valence-electron chi connectivity index (χ0n) is 25.5. The molecule has 10 nitrogen and oxygen atoms in total. The van der Waals surface area contributed by atoms with Gasteiger partial charge in [-0.15, -0.1) is 0 Å². The minimum Gasteiger partial charge on any atom is -0.493 e. The van der Waals surface area contributed by atoms with Crippen molar-refractivity contribution in [2.75, 3.05) is 33.5 Å². The highest BCUT2D eigenvalue weighted by Crippen LogP contribution is 2.36. The molecule has 2 aromatic heterocycles. The number of furan rings is 1. The van der Waals surface area contributed by atoms with Crippen molar-refractivity contribution in [2.24, 2.45) is 4.99 Å². The molecule has 0 spiro atoms. The van der Waals surface area contributed by atoms with Crippen LogP contribution in [0.1, 0.15) is 54.9 Å². The first-order valence-electron chi connectivity index (χ1n) is 14.6. The van der Waals surface area contributed by atoms with Gasteiger partial charge in [-0.05, 0) is 50.6 Å². The quantitative estimate of drug-likeness (QED) is 0.164. The highest BCUT2D eigenvalue weighted by atomic mass is 32.1. The van der Waals surface area contributed by atoms with Crippen LogP contribution >= 0.6 is 11.3 Å². The molecule has 1 aliphatic rings. The molecule has 0 bridgehead atoms. The molecule has 2 aromatic carbocycles. The van der Waals surface area contributed by atoms with E-state index >= 15 is 0 Å². The molecule has 0 aliphatic carbocycles. The number of aromatic nitrogens is 1. The second-order valence-corrected chi connectivity index (χ2v) is 11.1. The highest BCUT2D eigenvalue weighted by Gasteiger charge is 2.35. The molecule has 0 fully saturated rings. The van der Waals surface area contributed by atoms with Gasteiger partial charge in [0.05, 0.1) is 41.2 Å². The van der Waals surface area contributed by atoms with Gasteiger partial charge in [-0.25, -0.2) is 14.6 Å². The molecule has 0 amide bonds. The number of para-hydroxylation sites is 1. The predicted molar refractivity (Wildman–Crippen MR) is 169 cm³/mol. The number of carbonyl (C=O) groups excluding carboxylic acids is 2. The molecule has 0 saturated carbocycles. The van der Waals surface area contributed by atoms with Gasteiger partial charge >= 0.3 is 11.9 Å². The zero-order chi connectivity index (χ0) is 31.9. The summed E-state index contributed by atoms with van der Waals surface area (Å²) in [5.74, 6) is 0.631. The van der Waals surface area contributed by atoms with Crippen molar-refractivity contribution in [3.63, 3.8) is 0 Å². The first-order valence-corrected chi connectivity index (χ1v) is 15.5. The van der Waals surface area contributed by atoms with Gasteiger partial charge < -0.3 is 23.4 Å². The van der Waals surface area contributed by atoms with Crippen LogP contribution < -0.4 is 19.6 Å². The smallest absolute Gasteiger partial charge is 0.338 e. The number of fused-ring (bicyclic) bond motifs is 1. The van der Waals surface area contributed by atoms with Crippen molar-refractivity contribution in [3.8, 4) is 17.1 Å². The van der Waals surface area contributed by atoms with Crippen LogP contribution in [0.5, 0.6) is 5.75 Å². The Bertz CT molecular complexity index is 1900. The average Bonchev–Trinajstić information content (AvgIpc) is 3.63. The van der Waals surface area contributed by atoms with Gasteiger partial charge in [0.2, 0.25) is 0 Å². The van der Waals surface area contributed by atoms with Crippen molar-refractivity contribution in [1.82, 2.24) is 4.57 Å². The lowest BCUT2D eigenvalue weighted by atomic mass is 9.95. The van der Waals surface area contributed by atoms with Crippen molar-refractivity contribution in [3.05, 3.63) is 109 Å². The second-order valence-electron chi connectivity index (χ2n) is 10.1. The summed E-state index contributed by atoms with van der Waals surface area (Å²) in [7, 11) is 1.53. The van der Waals surface area contributed by atoms with E-state index in [4.69, 9.17) is 23.4 Å². The summed E-state index contributed by atoms with van der Waals surface area (Å²) in [6, 6.07) is 17.0. The molecule has 3 heterocycles. The zero-order valence-corrected chi connectivity index (χ0v) is 26.3. The molecule has 234 valence electrons. The lowest BCUT2D eigenvalue weighted by Crippen LogP contribution is -2.40. The van der Waals surface area contributed by atoms with Crippen molar-refractivity contribution < 1.29 is 33.0 Å². The number of hydrogen-bond donors (Lipinski definition) is 0. The summed E-state index contributed by atoms with van der Waals surface area (Å²) in [5, 5.41) is 0. The van der Waals surface area contributed by atoms with E-state index in [0.29, 0.717) is 56.6 Å². The summed E-state index contributed by atoms with van der Waals surface area (Å²) >= 11 is 1.20. The van der Waals surface area contributed by atoms with Crippen molar-refractivity contribution in [2.45, 2.75) is 33.2 Å². The number of allylic oxidation sites excluding steroid dienone is 1. The molecule has 0 unspecified atom stereocenters. The standard InChI is InChI=1S/C34H34N2O8S/c1-5-17-42-27-10-8-7-9-25(27)30-29(33(39)43-19-18-40-4)21(3)35-34-36(30)31(37)28(45-34)20-24-15-16-26(44-24)22-11-13-23(14-12-22)32(38)41-6-2/h7-16,20,30H,5-6,17-19H2,1-4H3/b28-20+/t30-/m1/s1. The second kappa shape index (κ2) is 14.4. The molecule has 45 heavy (non-hydrogen) atoms. The maximum absolute atomic E-state index is 14.1. The molecule has 0 radical (unpaired) electrons. The number of hydrogen-bond acceptors (Lipinski definition) is 10. The van der Waals surface area contributed by atoms with Gasteiger partial charge in [-0.1, -0.05) is 48.6 Å². The first kappa shape index (κ1) is 31.7. The van der Waals surface area contributed by atoms with E-state index in [1.165, 1.54) is 23.0 Å². The Hall–Kier alpha value is -4.74. The first-order chi connectivity index (χ1) is 21.9. The van der Waals surface area contributed by atoms with E-state index in [-0.39, 0.29) is 30.3 Å². The lowest BCUT2D eigenvalue weighted by molar-refractivity contribution is -0.140. The molecule has 1 atom stereocenters. The van der Waals surface area contributed by atoms with Gasteiger partial charge in [-0.3, -0.25) is 9.36 Å². The van der Waals surface area contributed by atoms with Crippen molar-refractivity contribution in [1.29, 1.82) is 0 Å². The van der Waals surface area contributed by atoms with E-state index in [1.807, 2.05) is 31.2 Å². The summed E-state index contributed by atoms with van der Waals surface area (Å²) < 4.78 is 29.6. The molecule has 1 aliphatic heterocycles. The summed E-state index contributed by atoms with van der Waals surface area (Å²) in [6.45, 7) is 6.57. The van der Waals surface area contributed by atoms with Crippen LogP contribution in [0, 0.1) is 0 Å². The Morgan fingerprint density at radius 1 is 0.978 bits per heavy atom. The van der Waals surface area contributed by atoms with Crippen LogP contribution in [-0.4, -0.2) is 50.0 Å². The SMILES string of the molecule is CCCOc1ccccc1[C@@H]1C(C(=O)OCCOC)=C(C)N=c2s/c(=C/c3ccc(-c4ccc(C(=O)OCC)cc4)o3)c(=O)n21. The van der Waals surface area contributed by atoms with E-state index in [1.54, 1.807) is 56.3 Å². The maximum Gasteiger partial charge on any atom is 0.338 e. The van der Waals surface area contributed by atoms with Crippen LogP contribution in [0.25, 0.3) is 17.4 Å². The van der Waals surface area contributed by atoms with E-state index < -0.39 is 12.0 Å². The third-order valence-corrected chi connectivity index (χ3v) is 8.00. The Balaban J connectivity index is 1.56. The largest absolute Gasteiger partial charge is 0.493 e. The Kier molecular flexibility index (Phi) is 10.1. The molecule has 4 aromatic rings. The number of thiazole rings is 1. The van der Waals surface area contributed by atoms with Crippen LogP contribution in [0.3, 0.4) is 0 Å². The summed E-state index contributed by atoms with van der Waals surface area (Å²) in [6.07, 6.45) is 2.45. The van der Waals surface area contributed by atoms with Gasteiger partial charge in [0.25, 0.3) is 5.56 Å². The molecular formula is C34H34N2O8S. The molecule has 0 N–H and O–H groups in total. The highest BCUT2D eigenvalue weighted by molar-refractivity contribution is 7.07. The Morgan fingerprint density at radius 2 is 1.76 bits per heavy atom. The Labute approximate surface area is 263 Å². The number of esters is 2. The fourth-order valence-electron chi connectivity index (χ4n) is 4.92. The minimum absolute atomic E-state index is 0.0591. The third kappa shape index (κ3) is 6.84. The normalized spacial score (nSPS) is 14.6. The monoisotopic (exact) mass is 630 g/mol. The van der Waals surface area contributed by atoms with Crippen LogP contribution in [0.2, 0.25) is 0 Å². The van der Waals surface area contributed by atoms with Gasteiger partial charge in [-0.2, -0.15) is 0 Å². The van der Waals surface area contributed by atoms with E-state index in [9.17, 15) is 14.4 Å². The van der Waals surface area contributed by atoms with Gasteiger partial charge in [0.15, 0.2) is 4.80 Å². The molecule has 0 saturated heterocycles. The van der Waals surface area contributed by atoms with Crippen LogP contribution in [0.15, 0.2) is 86.1 Å². The maximum atomic E-state index is 14.1. The fraction of sp³-hybridized carbons (Fsp3) is 0.294. The number of benzene rings is 2. The number of nitrogens with zero attached hydrogens (tertiary/aromatic N) is 2. The van der Waals surface area contributed by atoms with E-state index in [2.05, 4.69) is 4.99 Å². The lowest BCUT2D eigenvalue weighted by Gasteiger charge is -2.26. The van der Waals surface area contributed by atoms with Crippen LogP contribution in [0.4, 0.5) is 0 Å². The third-order valence-electron chi connectivity index (χ3n) is 7.02. The summed E-state index contributed by atoms with van der Waals surface area (Å²) in [5.41, 5.74) is 2.23. The predicted octanol–water partition coefficient (Wildman–Crippen LogP) is 4.65. The Morgan fingerprint density at radius 3 is 2.49 bits per heavy atom. The van der Waals surface area contributed by atoms with Gasteiger partial charge in [0.1, 0.15) is 29.9 Å². The number of carbonyl (C=O) groups is 2. The van der Waals surface area contributed by atoms with Crippen LogP contribution in [-0.2, 0) is 19.0 Å². The minimum atomic E-state index is -0.823. The molecule has 5 rings (SSSR count). The van der Waals surface area contributed by atoms with E-state index in [0.717, 1.165) is 12.0 Å². The number of ether oxygens (including phenoxy) is 4. The average molecular weight is 631 g/mol. The van der Waals surface area contributed by atoms with Crippen molar-refractivity contribution >= 4 is 29.4 Å². The van der Waals surface area contributed by atoms with Gasteiger partial charge in [0, 0.05) is 24.3 Å². The number of rotatable bonds is 12. The summed E-state index contributed by atoms with van der Waals surface area (Å²) in [4.78, 5) is 44.6. The fourth-order valence-corrected chi connectivity index (χ4v) is 5.95. The number of methoxy groups -OCH3 is 1. The molecular weight excluding hydrogens is 596 g/mol.